The molecule has 0 fully saturated rings. The highest BCUT2D eigenvalue weighted by Gasteiger charge is 2.29. The van der Waals surface area contributed by atoms with Gasteiger partial charge in [-0.25, -0.2) is 9.59 Å². The lowest BCUT2D eigenvalue weighted by Crippen LogP contribution is -2.51. The molecule has 2 rings (SSSR count). The second-order valence-corrected chi connectivity index (χ2v) is 5.38. The summed E-state index contributed by atoms with van der Waals surface area (Å²) in [6.45, 7) is 1.77. The monoisotopic (exact) mass is 294 g/mol. The van der Waals surface area contributed by atoms with Crippen LogP contribution >= 0.6 is 11.8 Å². The number of carbonyl (C=O) groups is 2. The SMILES string of the molecule is COC(=O)c1ccccc1NC(=O)NC1(C)NN=CS1. The quantitative estimate of drug-likeness (QED) is 0.736. The van der Waals surface area contributed by atoms with Crippen molar-refractivity contribution in [1.29, 1.82) is 0 Å². The first-order valence-corrected chi connectivity index (χ1v) is 6.65. The molecule has 1 atom stereocenters. The molecule has 1 heterocycles. The van der Waals surface area contributed by atoms with Crippen molar-refractivity contribution in [2.24, 2.45) is 5.10 Å². The number of ether oxygens (including phenoxy) is 1. The fourth-order valence-electron chi connectivity index (χ4n) is 1.62. The van der Waals surface area contributed by atoms with E-state index in [4.69, 9.17) is 0 Å². The van der Waals surface area contributed by atoms with Gasteiger partial charge in [0, 0.05) is 0 Å². The van der Waals surface area contributed by atoms with Gasteiger partial charge in [0.25, 0.3) is 0 Å². The molecule has 20 heavy (non-hydrogen) atoms. The lowest BCUT2D eigenvalue weighted by atomic mass is 10.2. The number of urea groups is 1. The number of benzene rings is 1. The first kappa shape index (κ1) is 14.2. The summed E-state index contributed by atoms with van der Waals surface area (Å²) in [5.41, 5.74) is 5.04. The highest BCUT2D eigenvalue weighted by molar-refractivity contribution is 8.13. The van der Waals surface area contributed by atoms with Gasteiger partial charge in [0.1, 0.15) is 0 Å². The summed E-state index contributed by atoms with van der Waals surface area (Å²) in [6, 6.07) is 6.16. The Morgan fingerprint density at radius 3 is 2.80 bits per heavy atom. The van der Waals surface area contributed by atoms with E-state index in [0.29, 0.717) is 11.3 Å². The number of anilines is 1. The van der Waals surface area contributed by atoms with Gasteiger partial charge in [-0.1, -0.05) is 23.9 Å². The minimum absolute atomic E-state index is 0.290. The Morgan fingerprint density at radius 2 is 2.15 bits per heavy atom. The third-order valence-corrected chi connectivity index (χ3v) is 3.43. The molecule has 0 saturated heterocycles. The number of thioether (sulfide) groups is 1. The lowest BCUT2D eigenvalue weighted by Gasteiger charge is -2.24. The molecule has 1 aromatic rings. The average molecular weight is 294 g/mol. The number of hydrazone groups is 1. The van der Waals surface area contributed by atoms with Crippen LogP contribution in [0.2, 0.25) is 0 Å². The first-order valence-electron chi connectivity index (χ1n) is 5.77. The van der Waals surface area contributed by atoms with Crippen LogP contribution in [0.15, 0.2) is 29.4 Å². The predicted octanol–water partition coefficient (Wildman–Crippen LogP) is 1.55. The molecule has 1 aliphatic rings. The highest BCUT2D eigenvalue weighted by atomic mass is 32.2. The van der Waals surface area contributed by atoms with E-state index in [1.165, 1.54) is 18.9 Å². The molecule has 0 aromatic heterocycles. The van der Waals surface area contributed by atoms with Crippen LogP contribution in [0.4, 0.5) is 10.5 Å². The van der Waals surface area contributed by atoms with Crippen molar-refractivity contribution in [1.82, 2.24) is 10.7 Å². The summed E-state index contributed by atoms with van der Waals surface area (Å²) >= 11 is 1.33. The summed E-state index contributed by atoms with van der Waals surface area (Å²) < 4.78 is 4.66. The van der Waals surface area contributed by atoms with Gasteiger partial charge < -0.3 is 15.4 Å². The van der Waals surface area contributed by atoms with Crippen LogP contribution in [0.5, 0.6) is 0 Å². The van der Waals surface area contributed by atoms with Crippen LogP contribution in [0, 0.1) is 0 Å². The van der Waals surface area contributed by atoms with Gasteiger partial charge >= 0.3 is 12.0 Å². The van der Waals surface area contributed by atoms with Crippen LogP contribution in [-0.2, 0) is 4.74 Å². The Kier molecular flexibility index (Phi) is 4.14. The molecule has 1 aliphatic heterocycles. The van der Waals surface area contributed by atoms with Crippen LogP contribution in [0.25, 0.3) is 0 Å². The molecule has 7 nitrogen and oxygen atoms in total. The summed E-state index contributed by atoms with van der Waals surface area (Å²) in [5.74, 6) is -0.510. The molecule has 1 aromatic carbocycles. The van der Waals surface area contributed by atoms with Gasteiger partial charge in [-0.05, 0) is 19.1 Å². The summed E-state index contributed by atoms with van der Waals surface area (Å²) in [4.78, 5) is 22.8. The molecule has 0 radical (unpaired) electrons. The Hall–Kier alpha value is -2.22. The second kappa shape index (κ2) is 5.83. The molecule has 106 valence electrons. The average Bonchev–Trinajstić information content (AvgIpc) is 2.84. The molecule has 0 aliphatic carbocycles. The van der Waals surface area contributed by atoms with E-state index in [2.05, 4.69) is 25.9 Å². The number of methoxy groups -OCH3 is 1. The topological polar surface area (TPSA) is 91.8 Å². The van der Waals surface area contributed by atoms with Crippen molar-refractivity contribution < 1.29 is 14.3 Å². The standard InChI is InChI=1S/C12H14N4O3S/c1-12(16-13-7-20-12)15-11(18)14-9-6-4-3-5-8(9)10(17)19-2/h3-7,16H,1-2H3,(H2,14,15,18). The van der Waals surface area contributed by atoms with E-state index < -0.39 is 17.0 Å². The van der Waals surface area contributed by atoms with Gasteiger partial charge in [-0.2, -0.15) is 5.10 Å². The van der Waals surface area contributed by atoms with Gasteiger partial charge in [-0.15, -0.1) is 0 Å². The predicted molar refractivity (Wildman–Crippen MR) is 77.6 cm³/mol. The number of rotatable bonds is 3. The van der Waals surface area contributed by atoms with Gasteiger partial charge in [0.15, 0.2) is 4.99 Å². The normalized spacial score (nSPS) is 20.1. The number of nitrogens with one attached hydrogen (secondary N) is 3. The van der Waals surface area contributed by atoms with E-state index in [1.54, 1.807) is 36.7 Å². The van der Waals surface area contributed by atoms with Crippen LogP contribution in [0.1, 0.15) is 17.3 Å². The van der Waals surface area contributed by atoms with E-state index >= 15 is 0 Å². The fourth-order valence-corrected chi connectivity index (χ4v) is 2.19. The summed E-state index contributed by atoms with van der Waals surface area (Å²) in [7, 11) is 1.29. The smallest absolute Gasteiger partial charge is 0.339 e. The van der Waals surface area contributed by atoms with Crippen LogP contribution in [0.3, 0.4) is 0 Å². The van der Waals surface area contributed by atoms with Crippen molar-refractivity contribution in [2.75, 3.05) is 12.4 Å². The maximum absolute atomic E-state index is 12.0. The summed E-state index contributed by atoms with van der Waals surface area (Å²) in [6.07, 6.45) is 0. The van der Waals surface area contributed by atoms with E-state index in [-0.39, 0.29) is 0 Å². The number of para-hydroxylation sites is 1. The Labute approximate surface area is 120 Å². The Balaban J connectivity index is 2.06. The van der Waals surface area contributed by atoms with Crippen LogP contribution in [-0.4, -0.2) is 29.7 Å². The van der Waals surface area contributed by atoms with E-state index in [1.807, 2.05) is 0 Å². The second-order valence-electron chi connectivity index (χ2n) is 4.11. The van der Waals surface area contributed by atoms with Crippen LogP contribution < -0.4 is 16.1 Å². The van der Waals surface area contributed by atoms with E-state index in [9.17, 15) is 9.59 Å². The molecule has 0 bridgehead atoms. The maximum Gasteiger partial charge on any atom is 0.339 e. The maximum atomic E-state index is 12.0. The summed E-state index contributed by atoms with van der Waals surface area (Å²) in [5, 5.41) is 9.16. The zero-order valence-corrected chi connectivity index (χ0v) is 11.8. The Bertz CT molecular complexity index is 553. The molecular weight excluding hydrogens is 280 g/mol. The lowest BCUT2D eigenvalue weighted by molar-refractivity contribution is 0.0602. The zero-order chi connectivity index (χ0) is 14.6. The van der Waals surface area contributed by atoms with Crippen molar-refractivity contribution in [2.45, 2.75) is 11.9 Å². The minimum Gasteiger partial charge on any atom is -0.465 e. The fraction of sp³-hybridized carbons (Fsp3) is 0.250. The van der Waals surface area contributed by atoms with Gasteiger partial charge in [0.2, 0.25) is 0 Å². The highest BCUT2D eigenvalue weighted by Crippen LogP contribution is 2.21. The molecule has 2 amide bonds. The minimum atomic E-state index is -0.704. The molecule has 0 spiro atoms. The van der Waals surface area contributed by atoms with Crippen molar-refractivity contribution >= 4 is 35.0 Å². The zero-order valence-electron chi connectivity index (χ0n) is 11.0. The number of amides is 2. The Morgan fingerprint density at radius 1 is 1.40 bits per heavy atom. The third kappa shape index (κ3) is 3.21. The van der Waals surface area contributed by atoms with E-state index in [0.717, 1.165) is 0 Å². The number of hydrogen-bond acceptors (Lipinski definition) is 6. The number of esters is 1. The molecule has 8 heteroatoms. The molecular formula is C12H14N4O3S. The number of nitrogens with zero attached hydrogens (tertiary/aromatic N) is 1. The molecule has 3 N–H and O–H groups in total. The van der Waals surface area contributed by atoms with Crippen molar-refractivity contribution in [3.05, 3.63) is 29.8 Å². The first-order chi connectivity index (χ1) is 9.54. The number of carbonyl (C=O) groups excluding carboxylic acids is 2. The van der Waals surface area contributed by atoms with Gasteiger partial charge in [-0.3, -0.25) is 5.43 Å². The van der Waals surface area contributed by atoms with Crippen molar-refractivity contribution in [3.63, 3.8) is 0 Å². The largest absolute Gasteiger partial charge is 0.465 e. The molecule has 1 unspecified atom stereocenters. The van der Waals surface area contributed by atoms with Crippen molar-refractivity contribution in [3.8, 4) is 0 Å². The van der Waals surface area contributed by atoms with Gasteiger partial charge in [0.05, 0.1) is 23.9 Å². The third-order valence-electron chi connectivity index (χ3n) is 2.55. The number of hydrogen-bond donors (Lipinski definition) is 3. The molecule has 0 saturated carbocycles.